The molecule has 100 valence electrons. The van der Waals surface area contributed by atoms with Gasteiger partial charge in [0.1, 0.15) is 11.8 Å². The highest BCUT2D eigenvalue weighted by atomic mass is 16.5. The van der Waals surface area contributed by atoms with Crippen LogP contribution in [0.2, 0.25) is 0 Å². The number of carbonyl (C=O) groups is 1. The number of methoxy groups -OCH3 is 1. The molecule has 1 heterocycles. The topological polar surface area (TPSA) is 98.6 Å². The fourth-order valence-electron chi connectivity index (χ4n) is 1.61. The lowest BCUT2D eigenvalue weighted by Gasteiger charge is -2.01. The maximum Gasteiger partial charge on any atom is 0.320 e. The molecule has 0 spiro atoms. The molecule has 19 heavy (non-hydrogen) atoms. The van der Waals surface area contributed by atoms with Gasteiger partial charge in [0, 0.05) is 18.1 Å². The van der Waals surface area contributed by atoms with Gasteiger partial charge in [-0.3, -0.25) is 4.79 Å². The molecule has 1 aromatic heterocycles. The Balaban J connectivity index is 2.13. The third-order valence-corrected chi connectivity index (χ3v) is 2.68. The zero-order valence-corrected chi connectivity index (χ0v) is 10.4. The molecule has 1 aromatic carbocycles. The molecule has 1 atom stereocenters. The van der Waals surface area contributed by atoms with Crippen LogP contribution >= 0.6 is 0 Å². The number of aliphatic carboxylic acids is 1. The summed E-state index contributed by atoms with van der Waals surface area (Å²) in [5.41, 5.74) is 6.79. The number of hydrogen-bond acceptors (Lipinski definition) is 5. The summed E-state index contributed by atoms with van der Waals surface area (Å²) in [5, 5.41) is 12.5. The minimum absolute atomic E-state index is 0.134. The summed E-state index contributed by atoms with van der Waals surface area (Å²) in [5.74, 6) is 0.251. The van der Waals surface area contributed by atoms with Crippen molar-refractivity contribution in [2.24, 2.45) is 5.73 Å². The Morgan fingerprint density at radius 1 is 1.47 bits per heavy atom. The molecule has 0 amide bonds. The molecule has 0 aliphatic carbocycles. The van der Waals surface area contributed by atoms with Crippen molar-refractivity contribution >= 4 is 5.97 Å². The van der Waals surface area contributed by atoms with Gasteiger partial charge in [0.05, 0.1) is 12.8 Å². The van der Waals surface area contributed by atoms with E-state index in [1.165, 1.54) is 0 Å². The van der Waals surface area contributed by atoms with E-state index in [0.717, 1.165) is 11.3 Å². The van der Waals surface area contributed by atoms with Crippen LogP contribution in [0.3, 0.4) is 0 Å². The van der Waals surface area contributed by atoms with Gasteiger partial charge < -0.3 is 20.1 Å². The van der Waals surface area contributed by atoms with E-state index in [4.69, 9.17) is 20.1 Å². The van der Waals surface area contributed by atoms with Crippen molar-refractivity contribution in [1.29, 1.82) is 0 Å². The van der Waals surface area contributed by atoms with Crippen molar-refractivity contribution in [3.63, 3.8) is 0 Å². The molecule has 0 fully saturated rings. The van der Waals surface area contributed by atoms with Crippen LogP contribution in [0.25, 0.3) is 11.3 Å². The molecule has 0 radical (unpaired) electrons. The normalized spacial score (nSPS) is 12.1. The first kappa shape index (κ1) is 13.1. The largest absolute Gasteiger partial charge is 0.497 e. The van der Waals surface area contributed by atoms with Crippen LogP contribution in [0.15, 0.2) is 34.9 Å². The maximum atomic E-state index is 10.7. The third-order valence-electron chi connectivity index (χ3n) is 2.68. The second-order valence-electron chi connectivity index (χ2n) is 4.06. The molecule has 6 nitrogen and oxygen atoms in total. The SMILES string of the molecule is COc1ccc(-c2cc(CC(N)C(=O)O)no2)cc1. The van der Waals surface area contributed by atoms with Gasteiger partial charge in [-0.2, -0.15) is 0 Å². The van der Waals surface area contributed by atoms with E-state index in [1.54, 1.807) is 25.3 Å². The molecule has 0 saturated carbocycles. The minimum atomic E-state index is -1.06. The number of nitrogens with two attached hydrogens (primary N) is 1. The Kier molecular flexibility index (Phi) is 3.82. The van der Waals surface area contributed by atoms with Crippen molar-refractivity contribution in [2.45, 2.75) is 12.5 Å². The van der Waals surface area contributed by atoms with Gasteiger partial charge in [0.25, 0.3) is 0 Å². The average Bonchev–Trinajstić information content (AvgIpc) is 2.87. The molecule has 0 aliphatic heterocycles. The van der Waals surface area contributed by atoms with Crippen LogP contribution in [-0.2, 0) is 11.2 Å². The molecule has 0 saturated heterocycles. The standard InChI is InChI=1S/C13H14N2O4/c1-18-10-4-2-8(3-5-10)12-7-9(15-19-12)6-11(14)13(16)17/h2-5,7,11H,6,14H2,1H3,(H,16,17). The van der Waals surface area contributed by atoms with Crippen molar-refractivity contribution in [1.82, 2.24) is 5.16 Å². The Bertz CT molecular complexity index is 562. The van der Waals surface area contributed by atoms with E-state index in [1.807, 2.05) is 12.1 Å². The van der Waals surface area contributed by atoms with Gasteiger partial charge in [0.15, 0.2) is 5.76 Å². The predicted octanol–water partition coefficient (Wildman–Crippen LogP) is 1.30. The number of carboxylic acid groups (broad SMARTS) is 1. The number of benzene rings is 1. The molecule has 3 N–H and O–H groups in total. The van der Waals surface area contributed by atoms with Gasteiger partial charge in [-0.1, -0.05) is 5.16 Å². The summed E-state index contributed by atoms with van der Waals surface area (Å²) in [6, 6.07) is 7.99. The molecule has 0 aliphatic rings. The highest BCUT2D eigenvalue weighted by molar-refractivity contribution is 5.73. The van der Waals surface area contributed by atoms with E-state index in [-0.39, 0.29) is 6.42 Å². The van der Waals surface area contributed by atoms with Crippen LogP contribution in [0, 0.1) is 0 Å². The zero-order valence-electron chi connectivity index (χ0n) is 10.4. The average molecular weight is 262 g/mol. The van der Waals surface area contributed by atoms with E-state index in [9.17, 15) is 4.79 Å². The summed E-state index contributed by atoms with van der Waals surface area (Å²) in [4.78, 5) is 10.7. The van der Waals surface area contributed by atoms with Crippen LogP contribution in [-0.4, -0.2) is 29.4 Å². The summed E-state index contributed by atoms with van der Waals surface area (Å²) >= 11 is 0. The Morgan fingerprint density at radius 3 is 2.74 bits per heavy atom. The molecule has 6 heteroatoms. The molecular formula is C13H14N2O4. The molecule has 1 unspecified atom stereocenters. The fourth-order valence-corrected chi connectivity index (χ4v) is 1.61. The van der Waals surface area contributed by atoms with Crippen molar-refractivity contribution < 1.29 is 19.2 Å². The van der Waals surface area contributed by atoms with Gasteiger partial charge in [0.2, 0.25) is 0 Å². The van der Waals surface area contributed by atoms with Gasteiger partial charge in [-0.05, 0) is 24.3 Å². The molecule has 2 aromatic rings. The van der Waals surface area contributed by atoms with E-state index < -0.39 is 12.0 Å². The number of carboxylic acids is 1. The molecule has 2 rings (SSSR count). The lowest BCUT2D eigenvalue weighted by Crippen LogP contribution is -2.32. The molecular weight excluding hydrogens is 248 g/mol. The summed E-state index contributed by atoms with van der Waals surface area (Å²) in [6.45, 7) is 0. The van der Waals surface area contributed by atoms with Gasteiger partial charge in [-0.15, -0.1) is 0 Å². The monoisotopic (exact) mass is 262 g/mol. The lowest BCUT2D eigenvalue weighted by molar-refractivity contribution is -0.138. The lowest BCUT2D eigenvalue weighted by atomic mass is 10.1. The van der Waals surface area contributed by atoms with E-state index in [0.29, 0.717) is 11.5 Å². The van der Waals surface area contributed by atoms with Gasteiger partial charge >= 0.3 is 5.97 Å². The van der Waals surface area contributed by atoms with E-state index >= 15 is 0 Å². The summed E-state index contributed by atoms with van der Waals surface area (Å²) in [6.07, 6.45) is 0.134. The third kappa shape index (κ3) is 3.11. The smallest absolute Gasteiger partial charge is 0.320 e. The number of aromatic nitrogens is 1. The Labute approximate surface area is 109 Å². The first-order chi connectivity index (χ1) is 9.10. The predicted molar refractivity (Wildman–Crippen MR) is 67.8 cm³/mol. The van der Waals surface area contributed by atoms with Crippen LogP contribution in [0.1, 0.15) is 5.69 Å². The summed E-state index contributed by atoms with van der Waals surface area (Å²) < 4.78 is 10.2. The van der Waals surface area contributed by atoms with Crippen LogP contribution in [0.5, 0.6) is 5.75 Å². The highest BCUT2D eigenvalue weighted by Gasteiger charge is 2.15. The fraction of sp³-hybridized carbons (Fsp3) is 0.231. The van der Waals surface area contributed by atoms with Crippen molar-refractivity contribution in [3.05, 3.63) is 36.0 Å². The van der Waals surface area contributed by atoms with Crippen molar-refractivity contribution in [3.8, 4) is 17.1 Å². The first-order valence-electron chi connectivity index (χ1n) is 5.68. The Morgan fingerprint density at radius 2 is 2.16 bits per heavy atom. The first-order valence-corrected chi connectivity index (χ1v) is 5.68. The van der Waals surface area contributed by atoms with E-state index in [2.05, 4.69) is 5.16 Å². The Hall–Kier alpha value is -2.34. The zero-order chi connectivity index (χ0) is 13.8. The number of rotatable bonds is 5. The highest BCUT2D eigenvalue weighted by Crippen LogP contribution is 2.23. The van der Waals surface area contributed by atoms with Crippen LogP contribution in [0.4, 0.5) is 0 Å². The second kappa shape index (κ2) is 5.53. The minimum Gasteiger partial charge on any atom is -0.497 e. The molecule has 0 bridgehead atoms. The number of ether oxygens (including phenoxy) is 1. The summed E-state index contributed by atoms with van der Waals surface area (Å²) in [7, 11) is 1.59. The number of nitrogens with zero attached hydrogens (tertiary/aromatic N) is 1. The van der Waals surface area contributed by atoms with Gasteiger partial charge in [-0.25, -0.2) is 0 Å². The quantitative estimate of drug-likeness (QED) is 0.842. The number of hydrogen-bond donors (Lipinski definition) is 2. The van der Waals surface area contributed by atoms with Crippen molar-refractivity contribution in [2.75, 3.05) is 7.11 Å². The van der Waals surface area contributed by atoms with Crippen LogP contribution < -0.4 is 10.5 Å². The second-order valence-corrected chi connectivity index (χ2v) is 4.06. The maximum absolute atomic E-state index is 10.7.